The molecule has 2 N–H and O–H groups in total. The SMILES string of the molecule is CC(C)(C)[Si](C)(C)OCc1nc(Cn2ncc(NC(=O)O)n2)co1. The van der Waals surface area contributed by atoms with Gasteiger partial charge in [0.05, 0.1) is 6.20 Å². The van der Waals surface area contributed by atoms with Gasteiger partial charge in [-0.15, -0.1) is 5.10 Å². The molecule has 2 aromatic heterocycles. The first-order chi connectivity index (χ1) is 11.1. The van der Waals surface area contributed by atoms with Crippen molar-refractivity contribution < 1.29 is 18.7 Å². The highest BCUT2D eigenvalue weighted by atomic mass is 28.4. The number of anilines is 1. The standard InChI is InChI=1S/C14H23N5O4Si/c1-14(2,3)24(4,5)23-9-12-16-10(8-22-12)7-19-15-6-11(18-19)17-13(20)21/h6,8H,7,9H2,1-5H3,(H,17,18)(H,20,21). The molecule has 0 saturated carbocycles. The lowest BCUT2D eigenvalue weighted by molar-refractivity contribution is 0.209. The van der Waals surface area contributed by atoms with Crippen molar-refractivity contribution in [1.29, 1.82) is 0 Å². The molecule has 10 heteroatoms. The number of carbonyl (C=O) groups is 1. The summed E-state index contributed by atoms with van der Waals surface area (Å²) in [6.45, 7) is 11.5. The summed E-state index contributed by atoms with van der Waals surface area (Å²) >= 11 is 0. The van der Waals surface area contributed by atoms with Crippen LogP contribution in [-0.4, -0.2) is 39.5 Å². The molecular weight excluding hydrogens is 330 g/mol. The number of rotatable bonds is 6. The van der Waals surface area contributed by atoms with Crippen molar-refractivity contribution in [2.45, 2.75) is 52.1 Å². The average molecular weight is 353 g/mol. The number of nitrogens with one attached hydrogen (secondary N) is 1. The second kappa shape index (κ2) is 6.73. The monoisotopic (exact) mass is 353 g/mol. The first-order valence-corrected chi connectivity index (χ1v) is 10.4. The third-order valence-electron chi connectivity index (χ3n) is 4.04. The maximum Gasteiger partial charge on any atom is 0.410 e. The minimum atomic E-state index is -1.86. The summed E-state index contributed by atoms with van der Waals surface area (Å²) in [5.74, 6) is 0.665. The normalized spacial score (nSPS) is 12.4. The number of nitrogens with zero attached hydrogens (tertiary/aromatic N) is 4. The Morgan fingerprint density at radius 1 is 1.46 bits per heavy atom. The first-order valence-electron chi connectivity index (χ1n) is 7.54. The molecule has 0 radical (unpaired) electrons. The van der Waals surface area contributed by atoms with Crippen LogP contribution in [0, 0.1) is 0 Å². The van der Waals surface area contributed by atoms with Gasteiger partial charge in [0, 0.05) is 0 Å². The van der Waals surface area contributed by atoms with Crippen LogP contribution in [0.3, 0.4) is 0 Å². The Bertz CT molecular complexity index is 704. The van der Waals surface area contributed by atoms with Crippen molar-refractivity contribution in [2.24, 2.45) is 0 Å². The van der Waals surface area contributed by atoms with Crippen LogP contribution in [0.4, 0.5) is 10.6 Å². The van der Waals surface area contributed by atoms with E-state index in [0.29, 0.717) is 18.2 Å². The third-order valence-corrected chi connectivity index (χ3v) is 8.52. The zero-order valence-corrected chi connectivity index (χ0v) is 15.5. The molecule has 0 unspecified atom stereocenters. The summed E-state index contributed by atoms with van der Waals surface area (Å²) in [4.78, 5) is 16.2. The van der Waals surface area contributed by atoms with Crippen molar-refractivity contribution in [2.75, 3.05) is 5.32 Å². The van der Waals surface area contributed by atoms with Crippen LogP contribution in [0.25, 0.3) is 0 Å². The van der Waals surface area contributed by atoms with E-state index in [-0.39, 0.29) is 17.4 Å². The molecule has 0 aromatic carbocycles. The third kappa shape index (κ3) is 4.65. The molecular formula is C14H23N5O4Si. The van der Waals surface area contributed by atoms with Crippen molar-refractivity contribution in [3.8, 4) is 0 Å². The van der Waals surface area contributed by atoms with Crippen LogP contribution in [0.5, 0.6) is 0 Å². The molecule has 0 saturated heterocycles. The van der Waals surface area contributed by atoms with Gasteiger partial charge in [-0.2, -0.15) is 9.90 Å². The van der Waals surface area contributed by atoms with E-state index in [4.69, 9.17) is 13.9 Å². The molecule has 2 aromatic rings. The molecule has 0 fully saturated rings. The van der Waals surface area contributed by atoms with Gasteiger partial charge in [-0.05, 0) is 18.1 Å². The molecule has 1 amide bonds. The maximum atomic E-state index is 10.5. The van der Waals surface area contributed by atoms with Gasteiger partial charge in [0.2, 0.25) is 5.89 Å². The van der Waals surface area contributed by atoms with E-state index < -0.39 is 14.4 Å². The molecule has 24 heavy (non-hydrogen) atoms. The topological polar surface area (TPSA) is 115 Å². The Labute approximate surface area is 141 Å². The molecule has 0 aliphatic carbocycles. The van der Waals surface area contributed by atoms with E-state index in [9.17, 15) is 4.79 Å². The molecule has 132 valence electrons. The quantitative estimate of drug-likeness (QED) is 0.767. The largest absolute Gasteiger partial charge is 0.465 e. The summed E-state index contributed by atoms with van der Waals surface area (Å²) in [6.07, 6.45) is 1.67. The van der Waals surface area contributed by atoms with Crippen LogP contribution in [-0.2, 0) is 17.6 Å². The Hall–Kier alpha value is -2.20. The summed E-state index contributed by atoms with van der Waals surface area (Å²) in [6, 6.07) is 0. The maximum absolute atomic E-state index is 10.5. The van der Waals surface area contributed by atoms with E-state index in [1.54, 1.807) is 0 Å². The fraction of sp³-hybridized carbons (Fsp3) is 0.571. The lowest BCUT2D eigenvalue weighted by Gasteiger charge is -2.35. The molecule has 0 bridgehead atoms. The minimum absolute atomic E-state index is 0.120. The highest BCUT2D eigenvalue weighted by Gasteiger charge is 2.37. The van der Waals surface area contributed by atoms with E-state index in [0.717, 1.165) is 0 Å². The number of carboxylic acid groups (broad SMARTS) is 1. The lowest BCUT2D eigenvalue weighted by Crippen LogP contribution is -2.40. The fourth-order valence-corrected chi connectivity index (χ4v) is 2.55. The smallest absolute Gasteiger partial charge is 0.410 e. The van der Waals surface area contributed by atoms with Crippen molar-refractivity contribution >= 4 is 20.2 Å². The van der Waals surface area contributed by atoms with Crippen LogP contribution in [0.2, 0.25) is 18.1 Å². The van der Waals surface area contributed by atoms with Crippen LogP contribution in [0.15, 0.2) is 16.9 Å². The summed E-state index contributed by atoms with van der Waals surface area (Å²) in [5.41, 5.74) is 0.640. The molecule has 0 spiro atoms. The van der Waals surface area contributed by atoms with Gasteiger partial charge in [0.1, 0.15) is 25.1 Å². The summed E-state index contributed by atoms with van der Waals surface area (Å²) in [7, 11) is -1.86. The first kappa shape index (κ1) is 18.1. The van der Waals surface area contributed by atoms with Gasteiger partial charge in [0.25, 0.3) is 0 Å². The summed E-state index contributed by atoms with van der Waals surface area (Å²) < 4.78 is 11.5. The highest BCUT2D eigenvalue weighted by Crippen LogP contribution is 2.36. The average Bonchev–Trinajstić information content (AvgIpc) is 3.05. The van der Waals surface area contributed by atoms with Gasteiger partial charge in [-0.25, -0.2) is 9.78 Å². The van der Waals surface area contributed by atoms with Crippen LogP contribution < -0.4 is 5.32 Å². The molecule has 0 atom stereocenters. The number of amides is 1. The van der Waals surface area contributed by atoms with E-state index in [1.807, 2.05) is 0 Å². The van der Waals surface area contributed by atoms with Crippen molar-refractivity contribution in [3.05, 3.63) is 24.0 Å². The van der Waals surface area contributed by atoms with Crippen LogP contribution in [0.1, 0.15) is 32.4 Å². The zero-order chi connectivity index (χ0) is 18.0. The van der Waals surface area contributed by atoms with Gasteiger partial charge in [-0.1, -0.05) is 20.8 Å². The molecule has 0 aliphatic heterocycles. The van der Waals surface area contributed by atoms with Gasteiger partial charge in [-0.3, -0.25) is 5.32 Å². The van der Waals surface area contributed by atoms with Crippen LogP contribution >= 0.6 is 0 Å². The Morgan fingerprint density at radius 3 is 2.79 bits per heavy atom. The van der Waals surface area contributed by atoms with E-state index in [1.165, 1.54) is 17.3 Å². The van der Waals surface area contributed by atoms with Gasteiger partial charge < -0.3 is 13.9 Å². The fourth-order valence-electron chi connectivity index (χ4n) is 1.63. The summed E-state index contributed by atoms with van der Waals surface area (Å²) in [5, 5.41) is 18.8. The van der Waals surface area contributed by atoms with Crippen molar-refractivity contribution in [3.63, 3.8) is 0 Å². The van der Waals surface area contributed by atoms with Crippen molar-refractivity contribution in [1.82, 2.24) is 20.0 Å². The molecule has 2 rings (SSSR count). The highest BCUT2D eigenvalue weighted by molar-refractivity contribution is 6.74. The number of oxazole rings is 1. The Balaban J connectivity index is 1.94. The second-order valence-corrected chi connectivity index (χ2v) is 11.8. The minimum Gasteiger partial charge on any atom is -0.465 e. The molecule has 2 heterocycles. The number of hydrogen-bond acceptors (Lipinski definition) is 6. The zero-order valence-electron chi connectivity index (χ0n) is 14.5. The van der Waals surface area contributed by atoms with E-state index >= 15 is 0 Å². The number of aromatic nitrogens is 4. The lowest BCUT2D eigenvalue weighted by atomic mass is 10.2. The number of hydrogen-bond donors (Lipinski definition) is 2. The molecule has 0 aliphatic rings. The second-order valence-electron chi connectivity index (χ2n) is 6.97. The molecule has 9 nitrogen and oxygen atoms in total. The predicted molar refractivity (Wildman–Crippen MR) is 89.3 cm³/mol. The van der Waals surface area contributed by atoms with Gasteiger partial charge in [0.15, 0.2) is 14.1 Å². The Morgan fingerprint density at radius 2 is 2.17 bits per heavy atom. The predicted octanol–water partition coefficient (Wildman–Crippen LogP) is 2.93. The van der Waals surface area contributed by atoms with E-state index in [2.05, 4.69) is 54.4 Å². The Kier molecular flexibility index (Phi) is 5.09. The van der Waals surface area contributed by atoms with Gasteiger partial charge >= 0.3 is 6.09 Å².